The fourth-order valence-electron chi connectivity index (χ4n) is 4.05. The summed E-state index contributed by atoms with van der Waals surface area (Å²) in [5, 5.41) is 4.06. The van der Waals surface area contributed by atoms with Crippen LogP contribution in [0.5, 0.6) is 0 Å². The van der Waals surface area contributed by atoms with Crippen molar-refractivity contribution in [2.24, 2.45) is 5.92 Å². The first-order valence-electron chi connectivity index (χ1n) is 9.89. The quantitative estimate of drug-likeness (QED) is 0.667. The Morgan fingerprint density at radius 3 is 2.67 bits per heavy atom. The molecular weight excluding hydrogens is 414 g/mol. The Labute approximate surface area is 176 Å². The first kappa shape index (κ1) is 20.9. The molecule has 7 nitrogen and oxygen atoms in total. The Morgan fingerprint density at radius 2 is 2.03 bits per heavy atom. The number of benzene rings is 1. The van der Waals surface area contributed by atoms with Crippen LogP contribution in [0.2, 0.25) is 0 Å². The summed E-state index contributed by atoms with van der Waals surface area (Å²) in [4.78, 5) is 31.5. The Kier molecular flexibility index (Phi) is 5.88. The molecule has 2 atom stereocenters. The van der Waals surface area contributed by atoms with Crippen LogP contribution in [0, 0.1) is 24.5 Å². The van der Waals surface area contributed by atoms with Crippen LogP contribution in [0.25, 0.3) is 0 Å². The summed E-state index contributed by atoms with van der Waals surface area (Å²) in [6.45, 7) is 4.88. The molecule has 2 aromatic rings. The molecule has 160 valence electrons. The van der Waals surface area contributed by atoms with E-state index in [9.17, 15) is 18.4 Å². The second-order valence-corrected chi connectivity index (χ2v) is 8.52. The number of aryl methyl sites for hydroxylation is 1. The van der Waals surface area contributed by atoms with E-state index in [1.54, 1.807) is 13.8 Å². The van der Waals surface area contributed by atoms with Gasteiger partial charge in [-0.05, 0) is 57.5 Å². The molecule has 0 N–H and O–H groups in total. The first-order chi connectivity index (χ1) is 14.4. The molecule has 0 spiro atoms. The zero-order chi connectivity index (χ0) is 21.4. The van der Waals surface area contributed by atoms with Gasteiger partial charge in [0.2, 0.25) is 0 Å². The van der Waals surface area contributed by atoms with Gasteiger partial charge < -0.3 is 4.74 Å². The van der Waals surface area contributed by atoms with E-state index in [1.807, 2.05) is 0 Å². The summed E-state index contributed by atoms with van der Waals surface area (Å²) in [5.41, 5.74) is 0.511. The molecule has 1 saturated heterocycles. The molecule has 3 heterocycles. The molecule has 0 saturated carbocycles. The van der Waals surface area contributed by atoms with Crippen molar-refractivity contribution < 1.29 is 23.1 Å². The molecule has 0 aliphatic carbocycles. The van der Waals surface area contributed by atoms with Crippen LogP contribution < -0.4 is 0 Å². The lowest BCUT2D eigenvalue weighted by atomic mass is 9.92. The van der Waals surface area contributed by atoms with Crippen LogP contribution in [-0.2, 0) is 9.53 Å². The number of aromatic nitrogens is 3. The number of hydrogen-bond donors (Lipinski definition) is 0. The molecule has 0 amide bonds. The summed E-state index contributed by atoms with van der Waals surface area (Å²) >= 11 is 1.28. The molecule has 30 heavy (non-hydrogen) atoms. The van der Waals surface area contributed by atoms with Crippen molar-refractivity contribution in [3.63, 3.8) is 0 Å². The van der Waals surface area contributed by atoms with Crippen LogP contribution in [0.1, 0.15) is 42.0 Å². The smallest absolute Gasteiger partial charge is 0.309 e. The van der Waals surface area contributed by atoms with Gasteiger partial charge in [-0.15, -0.1) is 5.10 Å². The Morgan fingerprint density at radius 1 is 1.30 bits per heavy atom. The van der Waals surface area contributed by atoms with E-state index in [0.29, 0.717) is 49.1 Å². The molecule has 1 aromatic heterocycles. The number of rotatable bonds is 5. The highest BCUT2D eigenvalue weighted by atomic mass is 32.2. The second kappa shape index (κ2) is 8.43. The number of esters is 1. The minimum Gasteiger partial charge on any atom is -0.466 e. The normalized spacial score (nSPS) is 20.9. The van der Waals surface area contributed by atoms with Crippen molar-refractivity contribution in [3.8, 4) is 0 Å². The third-order valence-electron chi connectivity index (χ3n) is 5.48. The van der Waals surface area contributed by atoms with Crippen molar-refractivity contribution in [2.45, 2.75) is 43.1 Å². The van der Waals surface area contributed by atoms with Gasteiger partial charge >= 0.3 is 5.97 Å². The maximum Gasteiger partial charge on any atom is 0.309 e. The largest absolute Gasteiger partial charge is 0.466 e. The fraction of sp³-hybridized carbons (Fsp3) is 0.500. The molecule has 4 rings (SSSR count). The number of likely N-dealkylation sites (tertiary alicyclic amines) is 1. The number of carbonyl (C=O) groups is 2. The molecule has 0 radical (unpaired) electrons. The number of halogens is 2. The average Bonchev–Trinajstić information content (AvgIpc) is 3.23. The number of nitrogens with zero attached hydrogens (tertiary/aromatic N) is 4. The highest BCUT2D eigenvalue weighted by molar-refractivity contribution is 8.00. The third-order valence-corrected chi connectivity index (χ3v) is 6.67. The van der Waals surface area contributed by atoms with Crippen molar-refractivity contribution in [2.75, 3.05) is 19.7 Å². The standard InChI is InChI=1S/C20H22F2N4O3S/c1-3-29-19(28)12-6-8-25(9-7-12)16(13-4-5-14(21)15(22)10-13)17-18(27)26-20(30-17)23-11(2)24-26/h4-5,10,12,16-17H,3,6-9H2,1-2H3. The van der Waals surface area contributed by atoms with E-state index >= 15 is 0 Å². The van der Waals surface area contributed by atoms with Gasteiger partial charge in [0.05, 0.1) is 18.6 Å². The molecule has 0 bridgehead atoms. The number of hydrogen-bond acceptors (Lipinski definition) is 7. The van der Waals surface area contributed by atoms with Crippen molar-refractivity contribution in [3.05, 3.63) is 41.2 Å². The molecule has 2 aliphatic heterocycles. The summed E-state index contributed by atoms with van der Waals surface area (Å²) in [7, 11) is 0. The molecular formula is C20H22F2N4O3S. The third kappa shape index (κ3) is 3.85. The van der Waals surface area contributed by atoms with Crippen LogP contribution >= 0.6 is 11.8 Å². The minimum atomic E-state index is -0.957. The Bertz CT molecular complexity index is 975. The number of carbonyl (C=O) groups excluding carboxylic acids is 2. The average molecular weight is 436 g/mol. The van der Waals surface area contributed by atoms with E-state index in [0.717, 1.165) is 12.1 Å². The molecule has 10 heteroatoms. The molecule has 2 aliphatic rings. The second-order valence-electron chi connectivity index (χ2n) is 7.41. The fourth-order valence-corrected chi connectivity index (χ4v) is 5.35. The topological polar surface area (TPSA) is 77.3 Å². The monoisotopic (exact) mass is 436 g/mol. The zero-order valence-corrected chi connectivity index (χ0v) is 17.5. The SMILES string of the molecule is CCOC(=O)C1CCN(C(c2ccc(F)c(F)c2)C2Sc3nc(C)nn3C2=O)CC1. The van der Waals surface area contributed by atoms with Crippen LogP contribution in [-0.4, -0.2) is 56.5 Å². The van der Waals surface area contributed by atoms with Gasteiger partial charge in [0.25, 0.3) is 5.91 Å². The van der Waals surface area contributed by atoms with Gasteiger partial charge in [0.15, 0.2) is 16.8 Å². The van der Waals surface area contributed by atoms with E-state index in [1.165, 1.54) is 22.5 Å². The maximum atomic E-state index is 14.0. The predicted molar refractivity (Wildman–Crippen MR) is 105 cm³/mol. The zero-order valence-electron chi connectivity index (χ0n) is 16.7. The van der Waals surface area contributed by atoms with E-state index in [4.69, 9.17) is 4.74 Å². The van der Waals surface area contributed by atoms with Crippen LogP contribution in [0.4, 0.5) is 8.78 Å². The van der Waals surface area contributed by atoms with Gasteiger partial charge in [-0.25, -0.2) is 13.8 Å². The summed E-state index contributed by atoms with van der Waals surface area (Å²) in [5.74, 6) is -2.04. The van der Waals surface area contributed by atoms with Gasteiger partial charge in [-0.1, -0.05) is 17.8 Å². The van der Waals surface area contributed by atoms with Crippen LogP contribution in [0.3, 0.4) is 0 Å². The Hall–Kier alpha value is -2.33. The molecule has 2 unspecified atom stereocenters. The highest BCUT2D eigenvalue weighted by Gasteiger charge is 2.44. The summed E-state index contributed by atoms with van der Waals surface area (Å²) in [6.07, 6.45) is 1.15. The summed E-state index contributed by atoms with van der Waals surface area (Å²) in [6, 6.07) is 3.23. The van der Waals surface area contributed by atoms with Gasteiger partial charge in [-0.2, -0.15) is 4.68 Å². The lowest BCUT2D eigenvalue weighted by Gasteiger charge is -2.38. The minimum absolute atomic E-state index is 0.196. The van der Waals surface area contributed by atoms with E-state index < -0.39 is 22.9 Å². The number of piperidine rings is 1. The Balaban J connectivity index is 1.61. The van der Waals surface area contributed by atoms with Crippen molar-refractivity contribution in [1.29, 1.82) is 0 Å². The molecule has 1 fully saturated rings. The van der Waals surface area contributed by atoms with Crippen molar-refractivity contribution in [1.82, 2.24) is 19.7 Å². The van der Waals surface area contributed by atoms with E-state index in [-0.39, 0.29) is 17.8 Å². The lowest BCUT2D eigenvalue weighted by molar-refractivity contribution is -0.149. The molecule has 1 aromatic carbocycles. The number of ether oxygens (including phenoxy) is 1. The van der Waals surface area contributed by atoms with Crippen molar-refractivity contribution >= 4 is 23.6 Å². The van der Waals surface area contributed by atoms with Crippen LogP contribution in [0.15, 0.2) is 23.4 Å². The summed E-state index contributed by atoms with van der Waals surface area (Å²) < 4.78 is 34.0. The number of fused-ring (bicyclic) bond motifs is 1. The highest BCUT2D eigenvalue weighted by Crippen LogP contribution is 2.42. The van der Waals surface area contributed by atoms with Gasteiger partial charge in [0, 0.05) is 0 Å². The number of thioether (sulfide) groups is 1. The maximum absolute atomic E-state index is 14.0. The first-order valence-corrected chi connectivity index (χ1v) is 10.8. The van der Waals surface area contributed by atoms with E-state index in [2.05, 4.69) is 15.0 Å². The predicted octanol–water partition coefficient (Wildman–Crippen LogP) is 3.00. The van der Waals surface area contributed by atoms with Gasteiger partial charge in [0.1, 0.15) is 11.1 Å². The lowest BCUT2D eigenvalue weighted by Crippen LogP contribution is -2.44. The van der Waals surface area contributed by atoms with Gasteiger partial charge in [-0.3, -0.25) is 14.5 Å².